The molecule has 2 aromatic carbocycles. The van der Waals surface area contributed by atoms with Crippen LogP contribution in [0.4, 0.5) is 5.69 Å². The Kier molecular flexibility index (Phi) is 6.59. The summed E-state index contributed by atoms with van der Waals surface area (Å²) in [6, 6.07) is 19.2. The van der Waals surface area contributed by atoms with Crippen LogP contribution in [0.1, 0.15) is 37.5 Å². The molecule has 3 rings (SSSR count). The van der Waals surface area contributed by atoms with Gasteiger partial charge in [-0.3, -0.25) is 0 Å². The van der Waals surface area contributed by atoms with E-state index in [1.54, 1.807) is 0 Å². The van der Waals surface area contributed by atoms with Gasteiger partial charge in [0.25, 0.3) is 5.70 Å². The number of rotatable bonds is 4. The lowest BCUT2D eigenvalue weighted by molar-refractivity contribution is -0.575. The Balaban J connectivity index is 2.06. The molecule has 0 bridgehead atoms. The van der Waals surface area contributed by atoms with Crippen LogP contribution in [0.3, 0.4) is 0 Å². The largest absolute Gasteiger partial charge is 0.502 e. The Morgan fingerprint density at radius 1 is 0.967 bits per heavy atom. The molecule has 3 aromatic rings. The third-order valence-corrected chi connectivity index (χ3v) is 5.66. The van der Waals surface area contributed by atoms with E-state index < -0.39 is 0 Å². The van der Waals surface area contributed by atoms with Gasteiger partial charge < -0.3 is 10.4 Å². The normalized spacial score (nSPS) is 12.3. The minimum atomic E-state index is 0.0375. The van der Waals surface area contributed by atoms with Gasteiger partial charge in [-0.2, -0.15) is 4.57 Å². The van der Waals surface area contributed by atoms with Crippen LogP contribution < -0.4 is 9.88 Å². The fraction of sp³-hybridized carbons (Fsp3) is 0.200. The van der Waals surface area contributed by atoms with Gasteiger partial charge in [0.1, 0.15) is 0 Å². The van der Waals surface area contributed by atoms with Gasteiger partial charge in [-0.1, -0.05) is 81.0 Å². The number of benzene rings is 2. The number of hydrogen-bond acceptors (Lipinski definition) is 2. The van der Waals surface area contributed by atoms with E-state index in [0.29, 0.717) is 21.3 Å². The number of nitrogens with one attached hydrogen (secondary N) is 1. The summed E-state index contributed by atoms with van der Waals surface area (Å²) in [4.78, 5) is 0.397. The van der Waals surface area contributed by atoms with Crippen LogP contribution in [-0.2, 0) is 5.41 Å². The molecule has 0 aliphatic rings. The molecule has 154 valence electrons. The number of aromatic nitrogens is 1. The number of thiocarbonyl (C=S) groups is 1. The van der Waals surface area contributed by atoms with Crippen LogP contribution in [0.5, 0.6) is 0 Å². The summed E-state index contributed by atoms with van der Waals surface area (Å²) >= 11 is 12.0. The Bertz CT molecular complexity index is 1080. The fourth-order valence-corrected chi connectivity index (χ4v) is 3.57. The number of halogens is 1. The predicted molar refractivity (Wildman–Crippen MR) is 130 cm³/mol. The van der Waals surface area contributed by atoms with Crippen LogP contribution >= 0.6 is 23.8 Å². The molecule has 0 fully saturated rings. The first-order chi connectivity index (χ1) is 14.2. The van der Waals surface area contributed by atoms with E-state index in [1.807, 2.05) is 84.5 Å². The lowest BCUT2D eigenvalue weighted by Crippen LogP contribution is -2.38. The van der Waals surface area contributed by atoms with Crippen LogP contribution in [0.2, 0.25) is 5.02 Å². The lowest BCUT2D eigenvalue weighted by atomic mass is 9.86. The summed E-state index contributed by atoms with van der Waals surface area (Å²) in [5.41, 5.74) is 4.12. The van der Waals surface area contributed by atoms with Crippen molar-refractivity contribution in [3.8, 4) is 0 Å². The molecular formula is C25H26ClN2OS+. The molecule has 5 heteroatoms. The molecular weight excluding hydrogens is 412 g/mol. The first-order valence-corrected chi connectivity index (χ1v) is 10.5. The van der Waals surface area contributed by atoms with Gasteiger partial charge in [0.15, 0.2) is 23.1 Å². The summed E-state index contributed by atoms with van der Waals surface area (Å²) < 4.78 is 1.81. The van der Waals surface area contributed by atoms with E-state index in [4.69, 9.17) is 23.8 Å². The topological polar surface area (TPSA) is 36.1 Å². The highest BCUT2D eigenvalue weighted by Crippen LogP contribution is 2.27. The van der Waals surface area contributed by atoms with Crippen LogP contribution in [0, 0.1) is 6.92 Å². The summed E-state index contributed by atoms with van der Waals surface area (Å²) in [6.45, 7) is 8.41. The predicted octanol–water partition coefficient (Wildman–Crippen LogP) is 6.56. The summed E-state index contributed by atoms with van der Waals surface area (Å²) in [7, 11) is 0. The second-order valence-corrected chi connectivity index (χ2v) is 8.99. The standard InChI is InChI=1S/C25H25ClN2OS/c1-17-20(26)9-8-10-21(17)27-24(30)22(28-15-6-5-7-16-28)23(29)18-11-13-19(14-12-18)25(2,3)4/h5-16H,1-4H3,(H-,27,29,30)/p+1. The van der Waals surface area contributed by atoms with Crippen molar-refractivity contribution in [2.24, 2.45) is 0 Å². The second-order valence-electron chi connectivity index (χ2n) is 8.17. The minimum Gasteiger partial charge on any atom is -0.502 e. The fourth-order valence-electron chi connectivity index (χ4n) is 3.08. The van der Waals surface area contributed by atoms with E-state index in [-0.39, 0.29) is 11.2 Å². The van der Waals surface area contributed by atoms with Gasteiger partial charge in [-0.05, 0) is 35.6 Å². The molecule has 1 aromatic heterocycles. The van der Waals surface area contributed by atoms with Crippen molar-refractivity contribution >= 4 is 46.0 Å². The summed E-state index contributed by atoms with van der Waals surface area (Å²) in [6.07, 6.45) is 3.71. The van der Waals surface area contributed by atoms with Crippen molar-refractivity contribution in [3.63, 3.8) is 0 Å². The molecule has 2 N–H and O–H groups in total. The molecule has 0 atom stereocenters. The van der Waals surface area contributed by atoms with Gasteiger partial charge in [0.2, 0.25) is 0 Å². The minimum absolute atomic E-state index is 0.0375. The number of aliphatic hydroxyl groups excluding tert-OH is 1. The van der Waals surface area contributed by atoms with Crippen molar-refractivity contribution < 1.29 is 9.67 Å². The Morgan fingerprint density at radius 3 is 2.20 bits per heavy atom. The molecule has 0 aliphatic heterocycles. The molecule has 0 saturated heterocycles. The number of hydrogen-bond donors (Lipinski definition) is 2. The Labute approximate surface area is 188 Å². The molecule has 30 heavy (non-hydrogen) atoms. The van der Waals surface area contributed by atoms with Gasteiger partial charge >= 0.3 is 0 Å². The molecule has 0 amide bonds. The SMILES string of the molecule is Cc1c(Cl)cccc1NC(=S)/C(=C(/O)c1ccc(C(C)(C)C)cc1)[n+]1ccccc1. The summed E-state index contributed by atoms with van der Waals surface area (Å²) in [5.74, 6) is 0.101. The number of anilines is 1. The monoisotopic (exact) mass is 437 g/mol. The maximum Gasteiger partial charge on any atom is 0.288 e. The summed E-state index contributed by atoms with van der Waals surface area (Å²) in [5, 5.41) is 15.1. The molecule has 0 radical (unpaired) electrons. The second kappa shape index (κ2) is 8.99. The lowest BCUT2D eigenvalue weighted by Gasteiger charge is -2.19. The Hall–Kier alpha value is -2.69. The van der Waals surface area contributed by atoms with Crippen molar-refractivity contribution in [2.45, 2.75) is 33.1 Å². The average molecular weight is 438 g/mol. The highest BCUT2D eigenvalue weighted by Gasteiger charge is 2.24. The average Bonchev–Trinajstić information content (AvgIpc) is 2.72. The third kappa shape index (κ3) is 4.89. The first-order valence-electron chi connectivity index (χ1n) is 9.76. The highest BCUT2D eigenvalue weighted by atomic mass is 35.5. The van der Waals surface area contributed by atoms with E-state index in [0.717, 1.165) is 11.3 Å². The highest BCUT2D eigenvalue weighted by molar-refractivity contribution is 7.81. The van der Waals surface area contributed by atoms with Gasteiger partial charge in [0.05, 0.1) is 0 Å². The maximum atomic E-state index is 11.2. The zero-order valence-corrected chi connectivity index (χ0v) is 19.2. The van der Waals surface area contributed by atoms with E-state index >= 15 is 0 Å². The Morgan fingerprint density at radius 2 is 1.60 bits per heavy atom. The zero-order valence-electron chi connectivity index (χ0n) is 17.6. The van der Waals surface area contributed by atoms with Crippen LogP contribution in [0.25, 0.3) is 11.5 Å². The number of aliphatic hydroxyl groups is 1. The third-order valence-electron chi connectivity index (χ3n) is 4.95. The van der Waals surface area contributed by atoms with Gasteiger partial charge in [0, 0.05) is 28.4 Å². The van der Waals surface area contributed by atoms with Gasteiger partial charge in [-0.25, -0.2) is 0 Å². The molecule has 0 unspecified atom stereocenters. The molecule has 0 spiro atoms. The zero-order chi connectivity index (χ0) is 21.9. The molecule has 0 aliphatic carbocycles. The van der Waals surface area contributed by atoms with E-state index in [2.05, 4.69) is 26.1 Å². The first kappa shape index (κ1) is 22.0. The van der Waals surface area contributed by atoms with Crippen LogP contribution in [-0.4, -0.2) is 10.1 Å². The van der Waals surface area contributed by atoms with E-state index in [9.17, 15) is 5.11 Å². The molecule has 1 heterocycles. The molecule has 3 nitrogen and oxygen atoms in total. The molecule has 0 saturated carbocycles. The number of pyridine rings is 1. The van der Waals surface area contributed by atoms with Crippen molar-refractivity contribution in [2.75, 3.05) is 5.32 Å². The van der Waals surface area contributed by atoms with Crippen molar-refractivity contribution in [3.05, 3.63) is 94.8 Å². The number of nitrogens with zero attached hydrogens (tertiary/aromatic N) is 1. The maximum absolute atomic E-state index is 11.2. The van der Waals surface area contributed by atoms with Crippen LogP contribution in [0.15, 0.2) is 73.1 Å². The van der Waals surface area contributed by atoms with Gasteiger partial charge in [-0.15, -0.1) is 0 Å². The van der Waals surface area contributed by atoms with Crippen molar-refractivity contribution in [1.82, 2.24) is 0 Å². The van der Waals surface area contributed by atoms with Crippen molar-refractivity contribution in [1.29, 1.82) is 0 Å². The quantitative estimate of drug-likeness (QED) is 0.210. The smallest absolute Gasteiger partial charge is 0.288 e. The van der Waals surface area contributed by atoms with E-state index in [1.165, 1.54) is 5.56 Å².